The summed E-state index contributed by atoms with van der Waals surface area (Å²) in [6, 6.07) is 18.8. The number of hydrogen-bond donors (Lipinski definition) is 0. The summed E-state index contributed by atoms with van der Waals surface area (Å²) in [7, 11) is 1.43. The highest BCUT2D eigenvalue weighted by molar-refractivity contribution is 5.70. The molecule has 0 saturated carbocycles. The molecule has 3 nitrogen and oxygen atoms in total. The zero-order valence-electron chi connectivity index (χ0n) is 15.4. The molecule has 0 N–H and O–H groups in total. The van der Waals surface area contributed by atoms with Gasteiger partial charge in [-0.05, 0) is 66.5 Å². The number of carbonyl (C=O) groups is 1. The molecule has 0 saturated heterocycles. The topological polar surface area (TPSA) is 35.5 Å². The van der Waals surface area contributed by atoms with Crippen molar-refractivity contribution in [3.05, 3.63) is 71.3 Å². The fourth-order valence-corrected chi connectivity index (χ4v) is 3.42. The van der Waals surface area contributed by atoms with Crippen molar-refractivity contribution in [2.24, 2.45) is 0 Å². The lowest BCUT2D eigenvalue weighted by Crippen LogP contribution is -2.02. The minimum Gasteiger partial charge on any atom is -0.489 e. The molecule has 2 aromatic rings. The first-order chi connectivity index (χ1) is 12.8. The molecule has 3 rings (SSSR count). The van der Waals surface area contributed by atoms with E-state index in [1.54, 1.807) is 0 Å². The van der Waals surface area contributed by atoms with Crippen LogP contribution in [0, 0.1) is 0 Å². The summed E-state index contributed by atoms with van der Waals surface area (Å²) in [5, 5.41) is 0. The minimum absolute atomic E-state index is 0.149. The molecule has 0 aliphatic heterocycles. The standard InChI is InChI=1S/C23H26O3/c1-25-23(24)12-5-7-18-13-15-21(16-14-18)26-17-20-10-6-11-22(20)19-8-3-2-4-9-19/h2-4,8-9,13-16H,5-7,10-12,17H2,1H3. The lowest BCUT2D eigenvalue weighted by Gasteiger charge is -2.11. The van der Waals surface area contributed by atoms with Crippen LogP contribution in [-0.2, 0) is 16.0 Å². The number of ether oxygens (including phenoxy) is 2. The van der Waals surface area contributed by atoms with Crippen LogP contribution in [0.15, 0.2) is 60.2 Å². The van der Waals surface area contributed by atoms with Crippen molar-refractivity contribution in [1.82, 2.24) is 0 Å². The van der Waals surface area contributed by atoms with Crippen LogP contribution < -0.4 is 4.74 Å². The Labute approximate surface area is 155 Å². The van der Waals surface area contributed by atoms with Crippen LogP contribution in [0.5, 0.6) is 5.75 Å². The average Bonchev–Trinajstić information content (AvgIpc) is 3.16. The Morgan fingerprint density at radius 3 is 2.50 bits per heavy atom. The molecule has 0 unspecified atom stereocenters. The zero-order valence-corrected chi connectivity index (χ0v) is 15.4. The highest BCUT2D eigenvalue weighted by Gasteiger charge is 2.16. The number of benzene rings is 2. The molecule has 0 amide bonds. The molecule has 0 heterocycles. The summed E-state index contributed by atoms with van der Waals surface area (Å²) in [6.45, 7) is 0.659. The molecular formula is C23H26O3. The third-order valence-corrected chi connectivity index (χ3v) is 4.86. The summed E-state index contributed by atoms with van der Waals surface area (Å²) < 4.78 is 10.7. The summed E-state index contributed by atoms with van der Waals surface area (Å²) in [6.07, 6.45) is 5.61. The lowest BCUT2D eigenvalue weighted by atomic mass is 10.0. The third-order valence-electron chi connectivity index (χ3n) is 4.86. The minimum atomic E-state index is -0.149. The number of carbonyl (C=O) groups excluding carboxylic acids is 1. The smallest absolute Gasteiger partial charge is 0.305 e. The van der Waals surface area contributed by atoms with Crippen molar-refractivity contribution in [3.63, 3.8) is 0 Å². The molecule has 1 aliphatic rings. The second-order valence-electron chi connectivity index (χ2n) is 6.66. The van der Waals surface area contributed by atoms with E-state index in [1.807, 2.05) is 12.1 Å². The van der Waals surface area contributed by atoms with Crippen molar-refractivity contribution in [1.29, 1.82) is 0 Å². The molecule has 3 heteroatoms. The molecule has 136 valence electrons. The van der Waals surface area contributed by atoms with Gasteiger partial charge in [-0.2, -0.15) is 0 Å². The van der Waals surface area contributed by atoms with E-state index >= 15 is 0 Å². The second kappa shape index (κ2) is 9.23. The van der Waals surface area contributed by atoms with E-state index in [2.05, 4.69) is 47.2 Å². The van der Waals surface area contributed by atoms with Gasteiger partial charge >= 0.3 is 5.97 Å². The first-order valence-corrected chi connectivity index (χ1v) is 9.31. The van der Waals surface area contributed by atoms with Gasteiger partial charge in [0.15, 0.2) is 0 Å². The van der Waals surface area contributed by atoms with E-state index in [0.29, 0.717) is 13.0 Å². The fourth-order valence-electron chi connectivity index (χ4n) is 3.42. The largest absolute Gasteiger partial charge is 0.489 e. The molecule has 0 fully saturated rings. The molecule has 0 radical (unpaired) electrons. The van der Waals surface area contributed by atoms with E-state index in [9.17, 15) is 4.79 Å². The van der Waals surface area contributed by atoms with Crippen molar-refractivity contribution < 1.29 is 14.3 Å². The maximum Gasteiger partial charge on any atom is 0.305 e. The van der Waals surface area contributed by atoms with E-state index in [0.717, 1.165) is 31.4 Å². The summed E-state index contributed by atoms with van der Waals surface area (Å²) >= 11 is 0. The van der Waals surface area contributed by atoms with Gasteiger partial charge in [0, 0.05) is 6.42 Å². The molecule has 26 heavy (non-hydrogen) atoms. The molecule has 0 atom stereocenters. The van der Waals surface area contributed by atoms with Crippen molar-refractivity contribution in [2.75, 3.05) is 13.7 Å². The van der Waals surface area contributed by atoms with Gasteiger partial charge in [-0.25, -0.2) is 0 Å². The summed E-state index contributed by atoms with van der Waals surface area (Å²) in [4.78, 5) is 11.1. The van der Waals surface area contributed by atoms with Crippen LogP contribution in [0.2, 0.25) is 0 Å². The summed E-state index contributed by atoms with van der Waals surface area (Å²) in [5.41, 5.74) is 5.40. The highest BCUT2D eigenvalue weighted by Crippen LogP contribution is 2.34. The number of allylic oxidation sites excluding steroid dienone is 1. The van der Waals surface area contributed by atoms with Crippen LogP contribution >= 0.6 is 0 Å². The Kier molecular flexibility index (Phi) is 6.48. The van der Waals surface area contributed by atoms with Crippen LogP contribution in [0.3, 0.4) is 0 Å². The number of aryl methyl sites for hydroxylation is 1. The Bertz CT molecular complexity index is 745. The van der Waals surface area contributed by atoms with Gasteiger partial charge in [0.2, 0.25) is 0 Å². The van der Waals surface area contributed by atoms with Crippen molar-refractivity contribution in [3.8, 4) is 5.75 Å². The maximum atomic E-state index is 11.1. The Balaban J connectivity index is 1.54. The lowest BCUT2D eigenvalue weighted by molar-refractivity contribution is -0.140. The van der Waals surface area contributed by atoms with Crippen molar-refractivity contribution >= 4 is 11.5 Å². The van der Waals surface area contributed by atoms with Gasteiger partial charge in [0.25, 0.3) is 0 Å². The molecule has 0 spiro atoms. The molecule has 2 aromatic carbocycles. The Morgan fingerprint density at radius 2 is 1.77 bits per heavy atom. The van der Waals surface area contributed by atoms with E-state index in [1.165, 1.54) is 35.8 Å². The van der Waals surface area contributed by atoms with Crippen LogP contribution in [0.25, 0.3) is 5.57 Å². The Morgan fingerprint density at radius 1 is 1.00 bits per heavy atom. The predicted octanol–water partition coefficient (Wildman–Crippen LogP) is 5.20. The molecule has 1 aliphatic carbocycles. The van der Waals surface area contributed by atoms with Crippen LogP contribution in [0.4, 0.5) is 0 Å². The van der Waals surface area contributed by atoms with Gasteiger partial charge in [0.1, 0.15) is 12.4 Å². The molecule has 0 bridgehead atoms. The van der Waals surface area contributed by atoms with Gasteiger partial charge in [0.05, 0.1) is 7.11 Å². The van der Waals surface area contributed by atoms with E-state index < -0.39 is 0 Å². The maximum absolute atomic E-state index is 11.1. The predicted molar refractivity (Wildman–Crippen MR) is 104 cm³/mol. The molecule has 0 aromatic heterocycles. The number of methoxy groups -OCH3 is 1. The van der Waals surface area contributed by atoms with Gasteiger partial charge in [-0.1, -0.05) is 42.5 Å². The quantitative estimate of drug-likeness (QED) is 0.614. The monoisotopic (exact) mass is 350 g/mol. The zero-order chi connectivity index (χ0) is 18.2. The van der Waals surface area contributed by atoms with E-state index in [-0.39, 0.29) is 5.97 Å². The first-order valence-electron chi connectivity index (χ1n) is 9.31. The fraction of sp³-hybridized carbons (Fsp3) is 0.348. The number of rotatable bonds is 8. The van der Waals surface area contributed by atoms with Gasteiger partial charge < -0.3 is 9.47 Å². The normalized spacial score (nSPS) is 13.7. The second-order valence-corrected chi connectivity index (χ2v) is 6.66. The number of esters is 1. The van der Waals surface area contributed by atoms with Crippen LogP contribution in [-0.4, -0.2) is 19.7 Å². The van der Waals surface area contributed by atoms with Crippen molar-refractivity contribution in [2.45, 2.75) is 38.5 Å². The SMILES string of the molecule is COC(=O)CCCc1ccc(OCC2=C(c3ccccc3)CCC2)cc1. The van der Waals surface area contributed by atoms with Gasteiger partial charge in [-0.3, -0.25) is 4.79 Å². The highest BCUT2D eigenvalue weighted by atomic mass is 16.5. The molecular weight excluding hydrogens is 324 g/mol. The summed E-state index contributed by atoms with van der Waals surface area (Å²) in [5.74, 6) is 0.748. The van der Waals surface area contributed by atoms with E-state index in [4.69, 9.17) is 4.74 Å². The average molecular weight is 350 g/mol. The Hall–Kier alpha value is -2.55. The van der Waals surface area contributed by atoms with Crippen LogP contribution in [0.1, 0.15) is 43.2 Å². The first kappa shape index (κ1) is 18.2. The van der Waals surface area contributed by atoms with Gasteiger partial charge in [-0.15, -0.1) is 0 Å². The number of hydrogen-bond acceptors (Lipinski definition) is 3. The third kappa shape index (κ3) is 4.98.